The van der Waals surface area contributed by atoms with Gasteiger partial charge < -0.3 is 14.4 Å². The van der Waals surface area contributed by atoms with Crippen LogP contribution < -0.4 is 14.4 Å². The summed E-state index contributed by atoms with van der Waals surface area (Å²) >= 11 is 1.70. The lowest BCUT2D eigenvalue weighted by molar-refractivity contribution is 0.0183. The first kappa shape index (κ1) is 23.4. The maximum absolute atomic E-state index is 6.58. The Hall–Kier alpha value is -3.35. The molecule has 1 aromatic heterocycles. The normalized spacial score (nSPS) is 15.5. The molecule has 1 fully saturated rings. The van der Waals surface area contributed by atoms with Crippen LogP contribution in [0.3, 0.4) is 0 Å². The molecule has 1 atom stereocenters. The lowest BCUT2D eigenvalue weighted by atomic mass is 10.2. The first-order valence-corrected chi connectivity index (χ1v) is 13.0. The van der Waals surface area contributed by atoms with Crippen molar-refractivity contribution in [2.75, 3.05) is 38.2 Å². The quantitative estimate of drug-likeness (QED) is 0.288. The Morgan fingerprint density at radius 1 is 0.886 bits per heavy atom. The fraction of sp³-hybridized carbons (Fsp3) is 0.276. The number of thiazole rings is 1. The van der Waals surface area contributed by atoms with E-state index in [9.17, 15) is 0 Å². The summed E-state index contributed by atoms with van der Waals surface area (Å²) in [7, 11) is 1.73. The molecule has 0 aliphatic carbocycles. The van der Waals surface area contributed by atoms with Gasteiger partial charge in [0.1, 0.15) is 16.5 Å². The average molecular weight is 486 g/mol. The number of hydrogen-bond donors (Lipinski definition) is 0. The van der Waals surface area contributed by atoms with Crippen LogP contribution in [0.1, 0.15) is 23.9 Å². The molecule has 6 heteroatoms. The Bertz CT molecular complexity index is 1260. The van der Waals surface area contributed by atoms with Gasteiger partial charge in [-0.2, -0.15) is 0 Å². The van der Waals surface area contributed by atoms with Gasteiger partial charge >= 0.3 is 0 Å². The molecule has 180 valence electrons. The summed E-state index contributed by atoms with van der Waals surface area (Å²) in [6, 6.07) is 24.8. The Morgan fingerprint density at radius 2 is 1.60 bits per heavy atom. The van der Waals surface area contributed by atoms with E-state index in [1.54, 1.807) is 18.4 Å². The molecule has 35 heavy (non-hydrogen) atoms. The monoisotopic (exact) mass is 485 g/mol. The number of aromatic nitrogens is 1. The van der Waals surface area contributed by atoms with Crippen LogP contribution in [0.2, 0.25) is 0 Å². The van der Waals surface area contributed by atoms with Crippen LogP contribution in [0.25, 0.3) is 22.4 Å². The molecule has 0 N–H and O–H groups in total. The highest BCUT2D eigenvalue weighted by Gasteiger charge is 2.25. The second-order valence-corrected chi connectivity index (χ2v) is 9.63. The zero-order valence-corrected chi connectivity index (χ0v) is 21.1. The Balaban J connectivity index is 1.26. The van der Waals surface area contributed by atoms with E-state index in [4.69, 9.17) is 14.5 Å². The van der Waals surface area contributed by atoms with Gasteiger partial charge in [0.2, 0.25) is 0 Å². The topological polar surface area (TPSA) is 37.8 Å². The molecule has 1 saturated heterocycles. The molecule has 5 nitrogen and oxygen atoms in total. The third-order valence-electron chi connectivity index (χ3n) is 6.39. The fourth-order valence-electron chi connectivity index (χ4n) is 4.55. The molecule has 0 spiro atoms. The van der Waals surface area contributed by atoms with E-state index in [-0.39, 0.29) is 6.23 Å². The van der Waals surface area contributed by atoms with Gasteiger partial charge in [0, 0.05) is 31.7 Å². The van der Waals surface area contributed by atoms with Crippen molar-refractivity contribution in [1.82, 2.24) is 9.88 Å². The van der Waals surface area contributed by atoms with Gasteiger partial charge in [-0.25, -0.2) is 4.98 Å². The van der Waals surface area contributed by atoms with Gasteiger partial charge in [-0.3, -0.25) is 4.90 Å². The van der Waals surface area contributed by atoms with Crippen molar-refractivity contribution < 1.29 is 9.47 Å². The predicted octanol–water partition coefficient (Wildman–Crippen LogP) is 6.41. The van der Waals surface area contributed by atoms with Crippen molar-refractivity contribution in [2.24, 2.45) is 0 Å². The van der Waals surface area contributed by atoms with Crippen molar-refractivity contribution >= 4 is 39.4 Å². The zero-order chi connectivity index (χ0) is 24.0. The van der Waals surface area contributed by atoms with Crippen molar-refractivity contribution in [2.45, 2.75) is 19.6 Å². The van der Waals surface area contributed by atoms with Crippen LogP contribution in [-0.4, -0.2) is 49.4 Å². The highest BCUT2D eigenvalue weighted by atomic mass is 32.1. The van der Waals surface area contributed by atoms with E-state index >= 15 is 0 Å². The maximum Gasteiger partial charge on any atom is 0.152 e. The molecular weight excluding hydrogens is 454 g/mol. The molecule has 5 rings (SSSR count). The summed E-state index contributed by atoms with van der Waals surface area (Å²) in [5.41, 5.74) is 3.27. The second-order valence-electron chi connectivity index (χ2n) is 8.57. The molecule has 1 aliphatic rings. The maximum atomic E-state index is 6.58. The van der Waals surface area contributed by atoms with Crippen LogP contribution in [0.4, 0.5) is 5.69 Å². The number of hydrogen-bond acceptors (Lipinski definition) is 6. The predicted molar refractivity (Wildman–Crippen MR) is 146 cm³/mol. The van der Waals surface area contributed by atoms with Gasteiger partial charge in [0.25, 0.3) is 0 Å². The number of methoxy groups -OCH3 is 1. The van der Waals surface area contributed by atoms with Gasteiger partial charge in [-0.15, -0.1) is 11.3 Å². The van der Waals surface area contributed by atoms with E-state index in [1.165, 1.54) is 4.70 Å². The molecule has 1 unspecified atom stereocenters. The zero-order valence-electron chi connectivity index (χ0n) is 20.3. The highest BCUT2D eigenvalue weighted by Crippen LogP contribution is 2.30. The molecule has 0 amide bonds. The summed E-state index contributed by atoms with van der Waals surface area (Å²) < 4.78 is 13.4. The summed E-state index contributed by atoms with van der Waals surface area (Å²) in [6.07, 6.45) is 5.15. The number of piperazine rings is 1. The van der Waals surface area contributed by atoms with Gasteiger partial charge in [-0.1, -0.05) is 49.4 Å². The van der Waals surface area contributed by atoms with Gasteiger partial charge in [0.15, 0.2) is 6.23 Å². The summed E-state index contributed by atoms with van der Waals surface area (Å²) in [6.45, 7) is 5.97. The summed E-state index contributed by atoms with van der Waals surface area (Å²) in [5.74, 6) is 1.84. The largest absolute Gasteiger partial charge is 0.495 e. The van der Waals surface area contributed by atoms with Crippen LogP contribution >= 0.6 is 11.3 Å². The number of ether oxygens (including phenoxy) is 2. The third kappa shape index (κ3) is 5.34. The minimum absolute atomic E-state index is 0.0341. The van der Waals surface area contributed by atoms with E-state index in [2.05, 4.69) is 77.4 Å². The SMILES string of the molecule is CCC(Oc1ccccc1C=Cc1nc2ccccc2s1)N1CCN(c2ccccc2OC)CC1. The molecule has 0 bridgehead atoms. The number of para-hydroxylation sites is 4. The minimum atomic E-state index is 0.0341. The number of rotatable bonds is 8. The molecule has 2 heterocycles. The van der Waals surface area contributed by atoms with E-state index in [1.807, 2.05) is 24.3 Å². The molecular formula is C29H31N3O2S. The van der Waals surface area contributed by atoms with E-state index < -0.39 is 0 Å². The Morgan fingerprint density at radius 3 is 2.37 bits per heavy atom. The lowest BCUT2D eigenvalue weighted by Gasteiger charge is -2.40. The molecule has 4 aromatic rings. The van der Waals surface area contributed by atoms with Crippen LogP contribution in [0, 0.1) is 0 Å². The molecule has 1 aliphatic heterocycles. The average Bonchev–Trinajstić information content (AvgIpc) is 3.34. The van der Waals surface area contributed by atoms with Crippen molar-refractivity contribution in [3.63, 3.8) is 0 Å². The van der Waals surface area contributed by atoms with Crippen molar-refractivity contribution in [3.05, 3.63) is 83.4 Å². The van der Waals surface area contributed by atoms with Crippen molar-refractivity contribution in [1.29, 1.82) is 0 Å². The van der Waals surface area contributed by atoms with E-state index in [0.717, 1.165) is 65.9 Å². The number of fused-ring (bicyclic) bond motifs is 1. The number of anilines is 1. The first-order valence-electron chi connectivity index (χ1n) is 12.2. The second kappa shape index (κ2) is 10.9. The molecule has 0 saturated carbocycles. The minimum Gasteiger partial charge on any atom is -0.495 e. The fourth-order valence-corrected chi connectivity index (χ4v) is 5.42. The van der Waals surface area contributed by atoms with Crippen LogP contribution in [-0.2, 0) is 0 Å². The summed E-state index contributed by atoms with van der Waals surface area (Å²) in [5, 5.41) is 1.00. The Kier molecular flexibility index (Phi) is 7.31. The lowest BCUT2D eigenvalue weighted by Crippen LogP contribution is -2.52. The molecule has 0 radical (unpaired) electrons. The van der Waals surface area contributed by atoms with Crippen LogP contribution in [0.15, 0.2) is 72.8 Å². The first-order chi connectivity index (χ1) is 17.2. The number of benzene rings is 3. The smallest absolute Gasteiger partial charge is 0.152 e. The van der Waals surface area contributed by atoms with E-state index in [0.29, 0.717) is 0 Å². The highest BCUT2D eigenvalue weighted by molar-refractivity contribution is 7.19. The number of nitrogens with zero attached hydrogens (tertiary/aromatic N) is 3. The van der Waals surface area contributed by atoms with Crippen molar-refractivity contribution in [3.8, 4) is 11.5 Å². The van der Waals surface area contributed by atoms with Gasteiger partial charge in [-0.05, 0) is 48.9 Å². The molecule has 3 aromatic carbocycles. The summed E-state index contributed by atoms with van der Waals surface area (Å²) in [4.78, 5) is 9.57. The van der Waals surface area contributed by atoms with Gasteiger partial charge in [0.05, 0.1) is 23.0 Å². The third-order valence-corrected chi connectivity index (χ3v) is 7.40. The van der Waals surface area contributed by atoms with Crippen LogP contribution in [0.5, 0.6) is 11.5 Å². The standard InChI is InChI=1S/C29H31N3O2S/c1-3-29(32-20-18-31(19-21-32)24-12-6-8-14-26(24)33-2)34-25-13-7-4-10-22(25)16-17-28-30-23-11-5-9-15-27(23)35-28/h4-17,29H,3,18-21H2,1-2H3. The Labute approximate surface area is 211 Å².